The maximum Gasteiger partial charge on any atom is 0.326 e. The molecule has 0 saturated carbocycles. The number of rotatable bonds is 10. The monoisotopic (exact) mass is 326 g/mol. The lowest BCUT2D eigenvalue weighted by atomic mass is 10.2. The van der Waals surface area contributed by atoms with E-state index in [2.05, 4.69) is 10.0 Å². The number of hydrogen-bond acceptors (Lipinski definition) is 5. The van der Waals surface area contributed by atoms with E-state index in [-0.39, 0.29) is 12.2 Å². The molecular weight excluding hydrogens is 304 g/mol. The minimum atomic E-state index is -3.52. The van der Waals surface area contributed by atoms with Crippen molar-refractivity contribution in [1.29, 1.82) is 0 Å². The Balaban J connectivity index is 4.84. The van der Waals surface area contributed by atoms with Gasteiger partial charge in [0, 0.05) is 0 Å². The highest BCUT2D eigenvalue weighted by Crippen LogP contribution is 2.04. The number of carboxylic acid groups (broad SMARTS) is 1. The lowest BCUT2D eigenvalue weighted by Crippen LogP contribution is -2.51. The summed E-state index contributed by atoms with van der Waals surface area (Å²) >= 11 is 1.48. The van der Waals surface area contributed by atoms with Crippen molar-refractivity contribution in [2.45, 2.75) is 38.8 Å². The topological polar surface area (TPSA) is 113 Å². The molecule has 9 heteroatoms. The Morgan fingerprint density at radius 3 is 2.25 bits per heavy atom. The summed E-state index contributed by atoms with van der Waals surface area (Å²) in [5.74, 6) is -1.28. The number of carbonyl (C=O) groups is 2. The summed E-state index contributed by atoms with van der Waals surface area (Å²) in [4.78, 5) is 22.9. The zero-order chi connectivity index (χ0) is 15.8. The van der Waals surface area contributed by atoms with Crippen LogP contribution in [0.4, 0.5) is 0 Å². The van der Waals surface area contributed by atoms with Crippen molar-refractivity contribution in [3.63, 3.8) is 0 Å². The van der Waals surface area contributed by atoms with Crippen molar-refractivity contribution in [3.8, 4) is 0 Å². The van der Waals surface area contributed by atoms with Gasteiger partial charge in [0.25, 0.3) is 0 Å². The fourth-order valence-corrected chi connectivity index (χ4v) is 2.69. The summed E-state index contributed by atoms with van der Waals surface area (Å²) in [5, 5.41) is 11.2. The lowest BCUT2D eigenvalue weighted by molar-refractivity contribution is -0.142. The molecule has 0 aliphatic rings. The molecule has 118 valence electrons. The first kappa shape index (κ1) is 19.2. The van der Waals surface area contributed by atoms with E-state index in [1.807, 2.05) is 6.26 Å². The van der Waals surface area contributed by atoms with Gasteiger partial charge >= 0.3 is 5.97 Å². The van der Waals surface area contributed by atoms with Crippen LogP contribution < -0.4 is 10.0 Å². The van der Waals surface area contributed by atoms with E-state index in [9.17, 15) is 18.0 Å². The summed E-state index contributed by atoms with van der Waals surface area (Å²) in [6, 6.07) is -1.95. The molecular formula is C11H22N2O5S2. The maximum atomic E-state index is 12.0. The molecule has 7 nitrogen and oxygen atoms in total. The second-order valence-electron chi connectivity index (χ2n) is 4.16. The number of carbonyl (C=O) groups excluding carboxylic acids is 1. The second kappa shape index (κ2) is 9.19. The van der Waals surface area contributed by atoms with Gasteiger partial charge in [-0.3, -0.25) is 4.79 Å². The normalized spacial score (nSPS) is 14.6. The average molecular weight is 326 g/mol. The van der Waals surface area contributed by atoms with Crippen LogP contribution in [-0.2, 0) is 19.6 Å². The van der Waals surface area contributed by atoms with Gasteiger partial charge in [-0.1, -0.05) is 6.92 Å². The molecule has 0 aliphatic carbocycles. The van der Waals surface area contributed by atoms with Crippen LogP contribution in [0.1, 0.15) is 26.7 Å². The molecule has 0 heterocycles. The van der Waals surface area contributed by atoms with E-state index in [4.69, 9.17) is 5.11 Å². The Morgan fingerprint density at radius 2 is 1.85 bits per heavy atom. The highest BCUT2D eigenvalue weighted by Gasteiger charge is 2.26. The van der Waals surface area contributed by atoms with Gasteiger partial charge in [0.05, 0.1) is 5.75 Å². The second-order valence-corrected chi connectivity index (χ2v) is 7.19. The molecule has 0 bridgehead atoms. The van der Waals surface area contributed by atoms with E-state index in [1.54, 1.807) is 6.92 Å². The van der Waals surface area contributed by atoms with Crippen molar-refractivity contribution in [2.24, 2.45) is 0 Å². The molecule has 0 radical (unpaired) electrons. The minimum absolute atomic E-state index is 0.133. The number of sulfonamides is 1. The zero-order valence-corrected chi connectivity index (χ0v) is 13.5. The van der Waals surface area contributed by atoms with Crippen LogP contribution in [0.2, 0.25) is 0 Å². The molecule has 0 rings (SSSR count). The van der Waals surface area contributed by atoms with Crippen LogP contribution >= 0.6 is 11.8 Å². The summed E-state index contributed by atoms with van der Waals surface area (Å²) in [6.07, 6.45) is 2.38. The number of nitrogens with one attached hydrogen (secondary N) is 2. The van der Waals surface area contributed by atoms with Gasteiger partial charge in [-0.15, -0.1) is 0 Å². The molecule has 1 amide bonds. The summed E-state index contributed by atoms with van der Waals surface area (Å²) in [5.41, 5.74) is 0. The van der Waals surface area contributed by atoms with Crippen molar-refractivity contribution < 1.29 is 23.1 Å². The molecule has 20 heavy (non-hydrogen) atoms. The molecule has 0 saturated heterocycles. The molecule has 0 aromatic carbocycles. The van der Waals surface area contributed by atoms with Crippen LogP contribution in [0.15, 0.2) is 0 Å². The van der Waals surface area contributed by atoms with Crippen LogP contribution in [0, 0.1) is 0 Å². The quantitative estimate of drug-likeness (QED) is 0.522. The van der Waals surface area contributed by atoms with Crippen molar-refractivity contribution in [3.05, 3.63) is 0 Å². The summed E-state index contributed by atoms with van der Waals surface area (Å²) in [6.45, 7) is 3.10. The average Bonchev–Trinajstić information content (AvgIpc) is 2.39. The number of thioether (sulfide) groups is 1. The largest absolute Gasteiger partial charge is 0.480 e. The van der Waals surface area contributed by atoms with E-state index in [0.717, 1.165) is 0 Å². The molecule has 2 atom stereocenters. The van der Waals surface area contributed by atoms with E-state index >= 15 is 0 Å². The fourth-order valence-electron chi connectivity index (χ4n) is 1.39. The minimum Gasteiger partial charge on any atom is -0.480 e. The summed E-state index contributed by atoms with van der Waals surface area (Å²) in [7, 11) is -3.52. The summed E-state index contributed by atoms with van der Waals surface area (Å²) < 4.78 is 25.4. The van der Waals surface area contributed by atoms with Crippen molar-refractivity contribution >= 4 is 33.7 Å². The Bertz CT molecular complexity index is 425. The molecule has 3 N–H and O–H groups in total. The highest BCUT2D eigenvalue weighted by molar-refractivity contribution is 7.98. The first-order chi connectivity index (χ1) is 9.27. The van der Waals surface area contributed by atoms with Crippen LogP contribution in [-0.4, -0.2) is 55.2 Å². The molecule has 0 aromatic heterocycles. The number of hydrogen-bond donors (Lipinski definition) is 3. The predicted molar refractivity (Wildman–Crippen MR) is 79.2 cm³/mol. The van der Waals surface area contributed by atoms with E-state index in [1.165, 1.54) is 18.7 Å². The third-order valence-electron chi connectivity index (χ3n) is 2.65. The highest BCUT2D eigenvalue weighted by atomic mass is 32.2. The maximum absolute atomic E-state index is 12.0. The number of carboxylic acids is 1. The molecule has 0 aliphatic heterocycles. The van der Waals surface area contributed by atoms with Crippen LogP contribution in [0.5, 0.6) is 0 Å². The van der Waals surface area contributed by atoms with Crippen LogP contribution in [0.25, 0.3) is 0 Å². The Hall–Kier alpha value is -0.800. The standard InChI is InChI=1S/C11H22N2O5S2/c1-4-8(11(15)16)12-10(14)9(6-7-19-3)13-20(17,18)5-2/h8-9,13H,4-7H2,1-3H3,(H,12,14)(H,15,16)/t8-,9?/m1/s1. The van der Waals surface area contributed by atoms with Crippen molar-refractivity contribution in [2.75, 3.05) is 17.8 Å². The third-order valence-corrected chi connectivity index (χ3v) is 4.70. The van der Waals surface area contributed by atoms with Gasteiger partial charge in [-0.25, -0.2) is 17.9 Å². The number of amides is 1. The van der Waals surface area contributed by atoms with E-state index < -0.39 is 34.0 Å². The molecule has 1 unspecified atom stereocenters. The Kier molecular flexibility index (Phi) is 8.83. The zero-order valence-electron chi connectivity index (χ0n) is 11.9. The van der Waals surface area contributed by atoms with Gasteiger partial charge in [-0.05, 0) is 31.8 Å². The van der Waals surface area contributed by atoms with Gasteiger partial charge in [0.2, 0.25) is 15.9 Å². The number of aliphatic carboxylic acids is 1. The van der Waals surface area contributed by atoms with Crippen LogP contribution in [0.3, 0.4) is 0 Å². The Morgan fingerprint density at radius 1 is 1.25 bits per heavy atom. The van der Waals surface area contributed by atoms with Crippen molar-refractivity contribution in [1.82, 2.24) is 10.0 Å². The first-order valence-electron chi connectivity index (χ1n) is 6.29. The predicted octanol–water partition coefficient (Wildman–Crippen LogP) is 0.0268. The fraction of sp³-hybridized carbons (Fsp3) is 0.818. The van der Waals surface area contributed by atoms with Gasteiger partial charge in [0.15, 0.2) is 0 Å². The van der Waals surface area contributed by atoms with Gasteiger partial charge in [-0.2, -0.15) is 11.8 Å². The molecule has 0 aromatic rings. The molecule has 0 spiro atoms. The van der Waals surface area contributed by atoms with Gasteiger partial charge in [0.1, 0.15) is 12.1 Å². The SMILES string of the molecule is CC[C@@H](NC(=O)C(CCSC)NS(=O)(=O)CC)C(=O)O. The van der Waals surface area contributed by atoms with Gasteiger partial charge < -0.3 is 10.4 Å². The van der Waals surface area contributed by atoms with E-state index in [0.29, 0.717) is 12.2 Å². The molecule has 0 fully saturated rings. The lowest BCUT2D eigenvalue weighted by Gasteiger charge is -2.20. The first-order valence-corrected chi connectivity index (χ1v) is 9.34. The smallest absolute Gasteiger partial charge is 0.326 e. The Labute approximate surface area is 123 Å². The third kappa shape index (κ3) is 7.11.